The molecule has 0 aliphatic heterocycles. The van der Waals surface area contributed by atoms with E-state index in [1.165, 1.54) is 0 Å². The van der Waals surface area contributed by atoms with Crippen LogP contribution < -0.4 is 0 Å². The van der Waals surface area contributed by atoms with Crippen LogP contribution in [0.25, 0.3) is 0 Å². The molecule has 0 N–H and O–H groups in total. The summed E-state index contributed by atoms with van der Waals surface area (Å²) in [7, 11) is 0. The van der Waals surface area contributed by atoms with Crippen LogP contribution >= 0.6 is 0 Å². The Balaban J connectivity index is 3.73. The highest BCUT2D eigenvalue weighted by molar-refractivity contribution is 5.81. The second-order valence-electron chi connectivity index (χ2n) is 7.85. The quantitative estimate of drug-likeness (QED) is 0.451. The molecule has 4 heteroatoms. The normalized spacial score (nSPS) is 12.0. The minimum atomic E-state index is -0.356. The maximum atomic E-state index is 11.7. The van der Waals surface area contributed by atoms with Crippen LogP contribution in [0.2, 0.25) is 0 Å². The highest BCUT2D eigenvalue weighted by Gasteiger charge is 2.17. The van der Waals surface area contributed by atoms with E-state index in [0.717, 1.165) is 25.4 Å². The van der Waals surface area contributed by atoms with Crippen molar-refractivity contribution in [2.24, 2.45) is 10.8 Å². The van der Waals surface area contributed by atoms with Gasteiger partial charge in [-0.1, -0.05) is 27.7 Å². The van der Waals surface area contributed by atoms with Gasteiger partial charge in [-0.15, -0.1) is 0 Å². The van der Waals surface area contributed by atoms with Gasteiger partial charge < -0.3 is 9.59 Å². The van der Waals surface area contributed by atoms with Crippen LogP contribution in [0.3, 0.4) is 0 Å². The fraction of sp³-hybridized carbons (Fsp3) is 0.789. The van der Waals surface area contributed by atoms with Crippen molar-refractivity contribution in [1.29, 1.82) is 0 Å². The molecule has 0 aromatic rings. The zero-order valence-electron chi connectivity index (χ0n) is 15.2. The van der Waals surface area contributed by atoms with Crippen LogP contribution in [0, 0.1) is 10.8 Å². The van der Waals surface area contributed by atoms with Crippen molar-refractivity contribution >= 4 is 24.1 Å². The van der Waals surface area contributed by atoms with Crippen LogP contribution in [0.5, 0.6) is 0 Å². The topological polar surface area (TPSA) is 68.3 Å². The molecule has 0 fully saturated rings. The van der Waals surface area contributed by atoms with Crippen molar-refractivity contribution in [2.45, 2.75) is 85.5 Å². The van der Waals surface area contributed by atoms with Crippen molar-refractivity contribution < 1.29 is 19.2 Å². The molecule has 0 saturated heterocycles. The number of ketones is 2. The Morgan fingerprint density at radius 3 is 1.26 bits per heavy atom. The van der Waals surface area contributed by atoms with Gasteiger partial charge in [-0.3, -0.25) is 9.59 Å². The lowest BCUT2D eigenvalue weighted by molar-refractivity contribution is -0.121. The molecule has 0 saturated carbocycles. The number of carbonyl (C=O) groups excluding carboxylic acids is 4. The number of carbonyl (C=O) groups is 4. The number of aldehydes is 2. The van der Waals surface area contributed by atoms with Gasteiger partial charge in [0.2, 0.25) is 0 Å². The summed E-state index contributed by atoms with van der Waals surface area (Å²) in [6, 6.07) is 0. The van der Waals surface area contributed by atoms with Crippen molar-refractivity contribution in [2.75, 3.05) is 0 Å². The number of hydrogen-bond acceptors (Lipinski definition) is 4. The third-order valence-corrected chi connectivity index (χ3v) is 4.10. The van der Waals surface area contributed by atoms with Gasteiger partial charge in [-0.2, -0.15) is 0 Å². The van der Waals surface area contributed by atoms with E-state index < -0.39 is 0 Å². The van der Waals surface area contributed by atoms with Crippen LogP contribution in [-0.4, -0.2) is 24.1 Å². The van der Waals surface area contributed by atoms with E-state index in [2.05, 4.69) is 0 Å². The van der Waals surface area contributed by atoms with Gasteiger partial charge in [0.05, 0.1) is 0 Å². The molecule has 0 aromatic carbocycles. The molecule has 0 aromatic heterocycles. The van der Waals surface area contributed by atoms with Crippen LogP contribution in [-0.2, 0) is 19.2 Å². The number of hydrogen-bond donors (Lipinski definition) is 0. The third kappa shape index (κ3) is 11.8. The monoisotopic (exact) mass is 324 g/mol. The minimum Gasteiger partial charge on any atom is -0.303 e. The van der Waals surface area contributed by atoms with Crippen LogP contribution in [0.4, 0.5) is 0 Å². The summed E-state index contributed by atoms with van der Waals surface area (Å²) in [5.74, 6) is 0.336. The fourth-order valence-corrected chi connectivity index (χ4v) is 2.33. The Hall–Kier alpha value is -1.32. The van der Waals surface area contributed by atoms with Gasteiger partial charge in [-0.05, 0) is 32.1 Å². The zero-order valence-corrected chi connectivity index (χ0v) is 15.2. The Kier molecular flexibility index (Phi) is 9.85. The number of Topliss-reactive ketones (excluding diaryl/α,β-unsaturated/α-hetero) is 2. The molecular weight excluding hydrogens is 292 g/mol. The highest BCUT2D eigenvalue weighted by atomic mass is 16.1. The molecule has 0 spiro atoms. The van der Waals surface area contributed by atoms with E-state index in [1.807, 2.05) is 27.7 Å². The second kappa shape index (κ2) is 10.5. The standard InChI is InChI=1S/C19H32O4/c1-18(2,14-20)12-6-10-16(22)8-5-9-17(23)11-7-13-19(3,4)15-21/h14-15H,5-13H2,1-4H3. The van der Waals surface area contributed by atoms with Crippen LogP contribution in [0.1, 0.15) is 85.5 Å². The maximum Gasteiger partial charge on any atom is 0.132 e. The van der Waals surface area contributed by atoms with Crippen molar-refractivity contribution in [1.82, 2.24) is 0 Å². The summed E-state index contributed by atoms with van der Waals surface area (Å²) in [6.07, 6.45) is 7.19. The van der Waals surface area contributed by atoms with Gasteiger partial charge in [0.25, 0.3) is 0 Å². The first-order valence-corrected chi connectivity index (χ1v) is 8.58. The summed E-state index contributed by atoms with van der Waals surface area (Å²) < 4.78 is 0. The first kappa shape index (κ1) is 21.7. The Labute approximate surface area is 140 Å². The van der Waals surface area contributed by atoms with Crippen molar-refractivity contribution in [3.05, 3.63) is 0 Å². The summed E-state index contributed by atoms with van der Waals surface area (Å²) in [4.78, 5) is 45.0. The largest absolute Gasteiger partial charge is 0.303 e. The minimum absolute atomic E-state index is 0.168. The number of rotatable bonds is 14. The third-order valence-electron chi connectivity index (χ3n) is 4.10. The molecule has 23 heavy (non-hydrogen) atoms. The molecule has 4 nitrogen and oxygen atoms in total. The molecule has 0 aliphatic rings. The lowest BCUT2D eigenvalue weighted by Crippen LogP contribution is -2.13. The Bertz CT molecular complexity index is 370. The van der Waals surface area contributed by atoms with E-state index >= 15 is 0 Å². The lowest BCUT2D eigenvalue weighted by Gasteiger charge is -2.15. The van der Waals surface area contributed by atoms with E-state index in [4.69, 9.17) is 0 Å². The van der Waals surface area contributed by atoms with Crippen LogP contribution in [0.15, 0.2) is 0 Å². The zero-order chi connectivity index (χ0) is 17.9. The summed E-state index contributed by atoms with van der Waals surface area (Å²) in [5, 5.41) is 0. The SMILES string of the molecule is CC(C)(C=O)CCCC(=O)CCCC(=O)CCCC(C)(C)C=O. The molecule has 132 valence electrons. The Morgan fingerprint density at radius 2 is 0.957 bits per heavy atom. The van der Waals surface area contributed by atoms with Gasteiger partial charge in [0.15, 0.2) is 0 Å². The van der Waals surface area contributed by atoms with Gasteiger partial charge in [0.1, 0.15) is 24.1 Å². The molecule has 0 radical (unpaired) electrons. The van der Waals surface area contributed by atoms with E-state index in [0.29, 0.717) is 44.9 Å². The second-order valence-corrected chi connectivity index (χ2v) is 7.85. The molecule has 0 unspecified atom stereocenters. The predicted octanol–water partition coefficient (Wildman–Crippen LogP) is 4.09. The van der Waals surface area contributed by atoms with E-state index in [9.17, 15) is 19.2 Å². The average Bonchev–Trinajstić information content (AvgIpc) is 2.47. The smallest absolute Gasteiger partial charge is 0.132 e. The summed E-state index contributed by atoms with van der Waals surface area (Å²) in [5.41, 5.74) is -0.711. The fourth-order valence-electron chi connectivity index (χ4n) is 2.33. The van der Waals surface area contributed by atoms with Gasteiger partial charge in [0, 0.05) is 36.5 Å². The van der Waals surface area contributed by atoms with Gasteiger partial charge >= 0.3 is 0 Å². The molecule has 0 bridgehead atoms. The molecular formula is C19H32O4. The van der Waals surface area contributed by atoms with E-state index in [-0.39, 0.29) is 22.4 Å². The summed E-state index contributed by atoms with van der Waals surface area (Å²) in [6.45, 7) is 7.48. The van der Waals surface area contributed by atoms with E-state index in [1.54, 1.807) is 0 Å². The summed E-state index contributed by atoms with van der Waals surface area (Å²) >= 11 is 0. The Morgan fingerprint density at radius 1 is 0.652 bits per heavy atom. The molecule has 0 aliphatic carbocycles. The van der Waals surface area contributed by atoms with Gasteiger partial charge in [-0.25, -0.2) is 0 Å². The lowest BCUT2D eigenvalue weighted by atomic mass is 9.88. The molecule has 0 amide bonds. The first-order chi connectivity index (χ1) is 10.6. The first-order valence-electron chi connectivity index (χ1n) is 8.58. The average molecular weight is 324 g/mol. The molecule has 0 atom stereocenters. The van der Waals surface area contributed by atoms with Crippen molar-refractivity contribution in [3.8, 4) is 0 Å². The molecule has 0 heterocycles. The van der Waals surface area contributed by atoms with Crippen molar-refractivity contribution in [3.63, 3.8) is 0 Å². The molecule has 0 rings (SSSR count). The predicted molar refractivity (Wildman–Crippen MR) is 91.3 cm³/mol. The highest BCUT2D eigenvalue weighted by Crippen LogP contribution is 2.21. The maximum absolute atomic E-state index is 11.7.